The fraction of sp³-hybridized carbons (Fsp3) is 0.527. The van der Waals surface area contributed by atoms with Crippen LogP contribution in [0.5, 0.6) is 11.8 Å². The first-order chi connectivity index (χ1) is 34.3. The second kappa shape index (κ2) is 19.3. The first kappa shape index (κ1) is 47.5. The van der Waals surface area contributed by atoms with Gasteiger partial charge in [0, 0.05) is 69.4 Å². The van der Waals surface area contributed by atoms with E-state index in [1.54, 1.807) is 25.3 Å². The molecule has 1 saturated carbocycles. The number of halogens is 2. The molecule has 3 N–H and O–H groups in total. The molecule has 1 unspecified atom stereocenters. The summed E-state index contributed by atoms with van der Waals surface area (Å²) in [5.74, 6) is -0.435. The number of carbonyl (C=O) groups excluding carboxylic acids is 2. The van der Waals surface area contributed by atoms with Crippen molar-refractivity contribution in [3.05, 3.63) is 77.1 Å². The van der Waals surface area contributed by atoms with Crippen molar-refractivity contribution in [2.24, 2.45) is 13.0 Å². The lowest BCUT2D eigenvalue weighted by Gasteiger charge is -2.42. The van der Waals surface area contributed by atoms with E-state index in [4.69, 9.17) is 19.8 Å². The number of phenolic OH excluding ortho intramolecular Hbond substituents is 1. The number of imide groups is 1. The van der Waals surface area contributed by atoms with Crippen molar-refractivity contribution in [1.82, 2.24) is 39.8 Å². The molecule has 0 bridgehead atoms. The number of hydrogen-bond donors (Lipinski definition) is 3. The highest BCUT2D eigenvalue weighted by Gasteiger charge is 2.36. The number of nitrogens with one attached hydrogen (secondary N) is 1. The van der Waals surface area contributed by atoms with E-state index >= 15 is 8.78 Å². The molecule has 71 heavy (non-hydrogen) atoms. The van der Waals surface area contributed by atoms with E-state index in [1.807, 2.05) is 23.6 Å². The third-order valence-electron chi connectivity index (χ3n) is 16.5. The van der Waals surface area contributed by atoms with Gasteiger partial charge < -0.3 is 29.6 Å². The summed E-state index contributed by atoms with van der Waals surface area (Å²) in [7, 11) is 1.94. The molecule has 6 aromatic rings. The highest BCUT2D eigenvalue weighted by molar-refractivity contribution is 6.03. The van der Waals surface area contributed by atoms with Crippen molar-refractivity contribution in [1.29, 1.82) is 0 Å². The van der Waals surface area contributed by atoms with Gasteiger partial charge in [0.2, 0.25) is 11.8 Å². The molecule has 3 aromatic heterocycles. The fourth-order valence-corrected chi connectivity index (χ4v) is 12.7. The Balaban J connectivity index is 0.715. The van der Waals surface area contributed by atoms with E-state index in [-0.39, 0.29) is 46.5 Å². The van der Waals surface area contributed by atoms with Gasteiger partial charge in [-0.25, -0.2) is 8.78 Å². The van der Waals surface area contributed by atoms with Crippen LogP contribution in [0.3, 0.4) is 0 Å². The smallest absolute Gasteiger partial charge is 0.319 e. The van der Waals surface area contributed by atoms with Crippen LogP contribution in [0.15, 0.2) is 48.7 Å². The van der Waals surface area contributed by atoms with E-state index in [0.717, 1.165) is 81.4 Å². The van der Waals surface area contributed by atoms with E-state index < -0.39 is 23.2 Å². The van der Waals surface area contributed by atoms with Crippen LogP contribution in [-0.2, 0) is 23.1 Å². The number of pyridine rings is 1. The van der Waals surface area contributed by atoms with Crippen molar-refractivity contribution >= 4 is 50.2 Å². The maximum atomic E-state index is 17.1. The van der Waals surface area contributed by atoms with E-state index in [1.165, 1.54) is 43.4 Å². The molecule has 1 aliphatic carbocycles. The van der Waals surface area contributed by atoms with Crippen molar-refractivity contribution in [3.63, 3.8) is 0 Å². The van der Waals surface area contributed by atoms with Crippen LogP contribution in [0.2, 0.25) is 0 Å². The number of ether oxygens (including phenoxy) is 1. The largest absolute Gasteiger partial charge is 0.508 e. The van der Waals surface area contributed by atoms with Crippen molar-refractivity contribution in [2.75, 3.05) is 50.7 Å². The van der Waals surface area contributed by atoms with Crippen molar-refractivity contribution in [2.45, 2.75) is 127 Å². The van der Waals surface area contributed by atoms with E-state index in [9.17, 15) is 19.8 Å². The Morgan fingerprint density at radius 3 is 2.44 bits per heavy atom. The van der Waals surface area contributed by atoms with Gasteiger partial charge in [-0.15, -0.1) is 0 Å². The molecule has 2 amide bonds. The van der Waals surface area contributed by atoms with Gasteiger partial charge in [0.1, 0.15) is 34.7 Å². The summed E-state index contributed by atoms with van der Waals surface area (Å²) >= 11 is 0. The molecule has 14 nitrogen and oxygen atoms in total. The van der Waals surface area contributed by atoms with Crippen LogP contribution in [-0.4, -0.2) is 120 Å². The van der Waals surface area contributed by atoms with Crippen molar-refractivity contribution in [3.8, 4) is 23.0 Å². The monoisotopic (exact) mass is 970 g/mol. The number of piperidine rings is 4. The topological polar surface area (TPSA) is 162 Å². The van der Waals surface area contributed by atoms with Gasteiger partial charge in [-0.1, -0.05) is 25.1 Å². The Hall–Kier alpha value is -5.84. The predicted molar refractivity (Wildman–Crippen MR) is 269 cm³/mol. The molecule has 7 heterocycles. The highest BCUT2D eigenvalue weighted by atomic mass is 19.1. The fourth-order valence-electron chi connectivity index (χ4n) is 12.7. The SMILES string of the molecule is CCc1c(F)ccc2cc(O)cc(-c3ncc4c(N5CCC[C@@](C)(O)C5)nc(OC5CCN(C6CCC(CN7CCC(c8ccc9c(C%10CCC(=O)NC%10=O)nn(C)c9c8)CC7)CC6)CC5)nc4c3F)c12. The number of β-amino-alcohol motifs (C(OH)–C–C–N with tert-alkyl or cyclic N) is 1. The number of rotatable bonds is 10. The number of anilines is 1. The molecular formula is C55H65F2N9O5. The minimum atomic E-state index is -0.957. The maximum absolute atomic E-state index is 17.1. The molecule has 4 saturated heterocycles. The summed E-state index contributed by atoms with van der Waals surface area (Å²) in [6, 6.07) is 13.1. The van der Waals surface area contributed by atoms with Crippen LogP contribution in [0.1, 0.15) is 120 Å². The van der Waals surface area contributed by atoms with Gasteiger partial charge in [-0.2, -0.15) is 15.1 Å². The first-order valence-electron chi connectivity index (χ1n) is 26.0. The zero-order valence-electron chi connectivity index (χ0n) is 41.1. The predicted octanol–water partition coefficient (Wildman–Crippen LogP) is 8.43. The summed E-state index contributed by atoms with van der Waals surface area (Å²) in [5.41, 5.74) is 2.84. The van der Waals surface area contributed by atoms with Crippen LogP contribution in [0.4, 0.5) is 14.6 Å². The normalized spacial score (nSPS) is 24.6. The lowest BCUT2D eigenvalue weighted by Crippen LogP contribution is -2.47. The minimum absolute atomic E-state index is 0.0239. The van der Waals surface area contributed by atoms with Crippen LogP contribution in [0.25, 0.3) is 43.8 Å². The molecular weight excluding hydrogens is 905 g/mol. The Morgan fingerprint density at radius 1 is 0.901 bits per heavy atom. The standard InChI is InChI=1S/C55H65F2N9O5/c1-4-39-44(56)14-9-35-26-37(67)28-42(47(35)39)50-48(57)51-43(29-58-50)52(66-21-5-20-55(2,70)31-66)61-54(60-51)71-38-18-24-65(25-19-38)36-10-6-32(7-11-36)30-64-22-16-33(17-23-64)34-8-12-40-45(27-34)63(3)62-49(40)41-13-15-46(68)59-53(41)69/h8-9,12,14,26-29,32-33,36,38,41,67,70H,4-7,10-11,13,15-25,30-31H2,1-3H3,(H,59,68,69)/t32?,36?,41?,55-/m1/s1. The van der Waals surface area contributed by atoms with Gasteiger partial charge in [0.15, 0.2) is 5.82 Å². The minimum Gasteiger partial charge on any atom is -0.508 e. The third kappa shape index (κ3) is 9.43. The number of nitrogens with zero attached hydrogens (tertiary/aromatic N) is 8. The number of aromatic hydroxyl groups is 1. The summed E-state index contributed by atoms with van der Waals surface area (Å²) in [5, 5.41) is 31.5. The van der Waals surface area contributed by atoms with Gasteiger partial charge in [-0.3, -0.25) is 24.6 Å². The molecule has 374 valence electrons. The summed E-state index contributed by atoms with van der Waals surface area (Å²) in [4.78, 5) is 45.9. The van der Waals surface area contributed by atoms with E-state index in [0.29, 0.717) is 84.2 Å². The Labute approximate surface area is 412 Å². The Morgan fingerprint density at radius 2 is 1.69 bits per heavy atom. The molecule has 5 aliphatic rings. The lowest BCUT2D eigenvalue weighted by atomic mass is 9.83. The molecule has 16 heteroatoms. The summed E-state index contributed by atoms with van der Waals surface area (Å²) in [6.07, 6.45) is 12.6. The van der Waals surface area contributed by atoms with Crippen LogP contribution >= 0.6 is 0 Å². The highest BCUT2D eigenvalue weighted by Crippen LogP contribution is 2.41. The molecule has 5 fully saturated rings. The van der Waals surface area contributed by atoms with Gasteiger partial charge in [0.25, 0.3) is 0 Å². The summed E-state index contributed by atoms with van der Waals surface area (Å²) in [6.45, 7) is 9.68. The molecule has 3 aromatic carbocycles. The van der Waals surface area contributed by atoms with Gasteiger partial charge >= 0.3 is 6.01 Å². The number of aromatic nitrogens is 5. The second-order valence-corrected chi connectivity index (χ2v) is 21.4. The average Bonchev–Trinajstić information content (AvgIpc) is 3.69. The Bertz CT molecular complexity index is 3010. The molecule has 2 atom stereocenters. The number of aryl methyl sites for hydroxylation is 2. The zero-order valence-corrected chi connectivity index (χ0v) is 41.1. The second-order valence-electron chi connectivity index (χ2n) is 21.4. The van der Waals surface area contributed by atoms with Gasteiger partial charge in [0.05, 0.1) is 28.1 Å². The molecule has 0 spiro atoms. The molecule has 4 aliphatic heterocycles. The van der Waals surface area contributed by atoms with Crippen LogP contribution < -0.4 is 15.0 Å². The average molecular weight is 970 g/mol. The van der Waals surface area contributed by atoms with E-state index in [2.05, 4.69) is 38.3 Å². The number of carbonyl (C=O) groups is 2. The number of fused-ring (bicyclic) bond motifs is 3. The maximum Gasteiger partial charge on any atom is 0.319 e. The number of likely N-dealkylation sites (tertiary alicyclic amines) is 2. The number of hydrogen-bond acceptors (Lipinski definition) is 12. The number of benzene rings is 3. The number of amides is 2. The van der Waals surface area contributed by atoms with Crippen molar-refractivity contribution < 1.29 is 33.3 Å². The van der Waals surface area contributed by atoms with Gasteiger partial charge in [-0.05, 0) is 155 Å². The number of aliphatic hydroxyl groups is 1. The third-order valence-corrected chi connectivity index (χ3v) is 16.5. The Kier molecular flexibility index (Phi) is 12.9. The van der Waals surface area contributed by atoms with Crippen LogP contribution in [0, 0.1) is 17.6 Å². The quantitative estimate of drug-likeness (QED) is 0.113. The molecule has 11 rings (SSSR count). The zero-order chi connectivity index (χ0) is 49.1. The summed E-state index contributed by atoms with van der Waals surface area (Å²) < 4.78 is 40.8. The number of phenols is 1. The molecule has 0 radical (unpaired) electrons. The lowest BCUT2D eigenvalue weighted by molar-refractivity contribution is -0.134. The first-order valence-corrected chi connectivity index (χ1v) is 26.0.